The van der Waals surface area contributed by atoms with Gasteiger partial charge in [0.25, 0.3) is 0 Å². The van der Waals surface area contributed by atoms with Crippen molar-refractivity contribution in [3.05, 3.63) is 24.3 Å². The summed E-state index contributed by atoms with van der Waals surface area (Å²) in [5.74, 6) is 1.47. The molecule has 1 fully saturated rings. The van der Waals surface area contributed by atoms with E-state index in [4.69, 9.17) is 21.7 Å². The Hall–Kier alpha value is -1.66. The Kier molecular flexibility index (Phi) is 9.42. The van der Waals surface area contributed by atoms with E-state index in [9.17, 15) is 4.79 Å². The van der Waals surface area contributed by atoms with E-state index in [0.717, 1.165) is 17.9 Å². The number of rotatable bonds is 9. The van der Waals surface area contributed by atoms with Crippen LogP contribution in [-0.4, -0.2) is 30.8 Å². The lowest BCUT2D eigenvalue weighted by molar-refractivity contribution is -0.120. The third kappa shape index (κ3) is 8.15. The summed E-state index contributed by atoms with van der Waals surface area (Å²) in [5.41, 5.74) is 0.819. The first-order valence-corrected chi connectivity index (χ1v) is 9.99. The van der Waals surface area contributed by atoms with Gasteiger partial charge in [-0.3, -0.25) is 4.79 Å². The number of benzene rings is 1. The zero-order valence-corrected chi connectivity index (χ0v) is 16.4. The highest BCUT2D eigenvalue weighted by molar-refractivity contribution is 7.80. The molecule has 1 saturated carbocycles. The lowest BCUT2D eigenvalue weighted by Gasteiger charge is -2.21. The average Bonchev–Trinajstić information content (AvgIpc) is 2.66. The Bertz CT molecular complexity index is 557. The molecule has 6 heteroatoms. The molecule has 0 aliphatic heterocycles. The molecule has 0 unspecified atom stereocenters. The SMILES string of the molecule is CCOCCOc1ccc(NC(=S)NC(=O)CCC2CCCCC2)cc1. The Morgan fingerprint density at radius 1 is 1.15 bits per heavy atom. The molecule has 0 spiro atoms. The Morgan fingerprint density at radius 2 is 1.88 bits per heavy atom. The second-order valence-corrected chi connectivity index (χ2v) is 7.02. The number of carbonyl (C=O) groups is 1. The molecule has 0 aromatic heterocycles. The summed E-state index contributed by atoms with van der Waals surface area (Å²) in [5, 5.41) is 6.13. The lowest BCUT2D eigenvalue weighted by atomic mass is 9.86. The Labute approximate surface area is 161 Å². The molecule has 2 rings (SSSR count). The molecule has 26 heavy (non-hydrogen) atoms. The fraction of sp³-hybridized carbons (Fsp3) is 0.600. The van der Waals surface area contributed by atoms with Gasteiger partial charge in [0.1, 0.15) is 12.4 Å². The zero-order chi connectivity index (χ0) is 18.6. The summed E-state index contributed by atoms with van der Waals surface area (Å²) >= 11 is 5.22. The van der Waals surface area contributed by atoms with E-state index in [2.05, 4.69) is 10.6 Å². The van der Waals surface area contributed by atoms with E-state index in [1.165, 1.54) is 32.1 Å². The minimum Gasteiger partial charge on any atom is -0.491 e. The number of hydrogen-bond donors (Lipinski definition) is 2. The second kappa shape index (κ2) is 11.9. The molecule has 1 amide bonds. The fourth-order valence-corrected chi connectivity index (χ4v) is 3.39. The van der Waals surface area contributed by atoms with Gasteiger partial charge >= 0.3 is 0 Å². The van der Waals surface area contributed by atoms with E-state index in [1.54, 1.807) is 0 Å². The van der Waals surface area contributed by atoms with Crippen molar-refractivity contribution in [2.24, 2.45) is 5.92 Å². The normalized spacial score (nSPS) is 14.7. The predicted octanol–water partition coefficient (Wildman–Crippen LogP) is 4.28. The number of thiocarbonyl (C=S) groups is 1. The van der Waals surface area contributed by atoms with Crippen molar-refractivity contribution in [2.45, 2.75) is 51.9 Å². The van der Waals surface area contributed by atoms with Gasteiger partial charge in [0.15, 0.2) is 5.11 Å². The van der Waals surface area contributed by atoms with E-state index in [-0.39, 0.29) is 5.91 Å². The number of hydrogen-bond acceptors (Lipinski definition) is 4. The van der Waals surface area contributed by atoms with Gasteiger partial charge in [-0.2, -0.15) is 0 Å². The highest BCUT2D eigenvalue weighted by Crippen LogP contribution is 2.27. The maximum Gasteiger partial charge on any atom is 0.226 e. The standard InChI is InChI=1S/C20H30N2O3S/c1-2-24-14-15-25-18-11-9-17(10-12-18)21-20(26)22-19(23)13-8-16-6-4-3-5-7-16/h9-12,16H,2-8,13-15H2,1H3,(H2,21,22,23,26). The van der Waals surface area contributed by atoms with Gasteiger partial charge in [-0.1, -0.05) is 32.1 Å². The number of carbonyl (C=O) groups excluding carboxylic acids is 1. The number of nitrogens with one attached hydrogen (secondary N) is 2. The van der Waals surface area contributed by atoms with Crippen LogP contribution in [0.15, 0.2) is 24.3 Å². The third-order valence-corrected chi connectivity index (χ3v) is 4.77. The third-order valence-electron chi connectivity index (χ3n) is 4.57. The van der Waals surface area contributed by atoms with Gasteiger partial charge < -0.3 is 20.1 Å². The topological polar surface area (TPSA) is 59.6 Å². The van der Waals surface area contributed by atoms with Gasteiger partial charge in [0, 0.05) is 18.7 Å². The molecule has 1 aromatic rings. The van der Waals surface area contributed by atoms with Crippen LogP contribution in [0.3, 0.4) is 0 Å². The molecule has 144 valence electrons. The maximum atomic E-state index is 12.0. The average molecular weight is 379 g/mol. The Morgan fingerprint density at radius 3 is 2.58 bits per heavy atom. The monoisotopic (exact) mass is 378 g/mol. The van der Waals surface area contributed by atoms with Crippen molar-refractivity contribution < 1.29 is 14.3 Å². The molecular formula is C20H30N2O3S. The summed E-state index contributed by atoms with van der Waals surface area (Å²) in [4.78, 5) is 12.0. The van der Waals surface area contributed by atoms with Crippen LogP contribution in [0.25, 0.3) is 0 Å². The molecule has 1 aliphatic carbocycles. The van der Waals surface area contributed by atoms with Crippen molar-refractivity contribution in [2.75, 3.05) is 25.1 Å². The highest BCUT2D eigenvalue weighted by atomic mass is 32.1. The van der Waals surface area contributed by atoms with Crippen LogP contribution in [0.1, 0.15) is 51.9 Å². The fourth-order valence-electron chi connectivity index (χ4n) is 3.16. The van der Waals surface area contributed by atoms with Crippen LogP contribution in [-0.2, 0) is 9.53 Å². The van der Waals surface area contributed by atoms with Gasteiger partial charge in [-0.25, -0.2) is 0 Å². The first-order chi connectivity index (χ1) is 12.7. The molecule has 0 bridgehead atoms. The van der Waals surface area contributed by atoms with E-state index in [1.807, 2.05) is 31.2 Å². The summed E-state index contributed by atoms with van der Waals surface area (Å²) in [6.45, 7) is 3.75. The maximum absolute atomic E-state index is 12.0. The van der Waals surface area contributed by atoms with Crippen molar-refractivity contribution in [3.8, 4) is 5.75 Å². The van der Waals surface area contributed by atoms with E-state index >= 15 is 0 Å². The van der Waals surface area contributed by atoms with E-state index < -0.39 is 0 Å². The largest absolute Gasteiger partial charge is 0.491 e. The van der Waals surface area contributed by atoms with Crippen molar-refractivity contribution in [1.29, 1.82) is 0 Å². The number of anilines is 1. The van der Waals surface area contributed by atoms with Crippen LogP contribution in [0.4, 0.5) is 5.69 Å². The van der Waals surface area contributed by atoms with Gasteiger partial charge in [-0.05, 0) is 55.7 Å². The predicted molar refractivity (Wildman–Crippen MR) is 109 cm³/mol. The molecule has 1 aliphatic rings. The molecule has 1 aromatic carbocycles. The molecule has 0 atom stereocenters. The molecular weight excluding hydrogens is 348 g/mol. The zero-order valence-electron chi connectivity index (χ0n) is 15.6. The Balaban J connectivity index is 1.65. The minimum atomic E-state index is -0.0102. The van der Waals surface area contributed by atoms with Crippen LogP contribution < -0.4 is 15.4 Å². The summed E-state index contributed by atoms with van der Waals surface area (Å²) in [6, 6.07) is 7.47. The first-order valence-electron chi connectivity index (χ1n) is 9.59. The first kappa shape index (κ1) is 20.6. The summed E-state index contributed by atoms with van der Waals surface area (Å²) in [7, 11) is 0. The summed E-state index contributed by atoms with van der Waals surface area (Å²) in [6.07, 6.45) is 7.97. The molecule has 0 radical (unpaired) electrons. The van der Waals surface area contributed by atoms with Gasteiger partial charge in [0.2, 0.25) is 5.91 Å². The van der Waals surface area contributed by atoms with Crippen molar-refractivity contribution in [1.82, 2.24) is 5.32 Å². The molecule has 0 saturated heterocycles. The second-order valence-electron chi connectivity index (χ2n) is 6.61. The lowest BCUT2D eigenvalue weighted by Crippen LogP contribution is -2.34. The van der Waals surface area contributed by atoms with Crippen molar-refractivity contribution >= 4 is 28.9 Å². The molecule has 0 heterocycles. The quantitative estimate of drug-likeness (QED) is 0.496. The summed E-state index contributed by atoms with van der Waals surface area (Å²) < 4.78 is 10.8. The minimum absolute atomic E-state index is 0.0102. The number of amides is 1. The van der Waals surface area contributed by atoms with Crippen LogP contribution in [0.2, 0.25) is 0 Å². The highest BCUT2D eigenvalue weighted by Gasteiger charge is 2.15. The smallest absolute Gasteiger partial charge is 0.226 e. The number of ether oxygens (including phenoxy) is 2. The van der Waals surface area contributed by atoms with Crippen molar-refractivity contribution in [3.63, 3.8) is 0 Å². The van der Waals surface area contributed by atoms with Crippen LogP contribution in [0, 0.1) is 5.92 Å². The molecule has 2 N–H and O–H groups in total. The van der Waals surface area contributed by atoms with Crippen LogP contribution >= 0.6 is 12.2 Å². The van der Waals surface area contributed by atoms with Gasteiger partial charge in [0.05, 0.1) is 6.61 Å². The van der Waals surface area contributed by atoms with Crippen LogP contribution in [0.5, 0.6) is 5.75 Å². The van der Waals surface area contributed by atoms with E-state index in [0.29, 0.717) is 37.3 Å². The van der Waals surface area contributed by atoms with Gasteiger partial charge in [-0.15, -0.1) is 0 Å². The molecule has 5 nitrogen and oxygen atoms in total.